The van der Waals surface area contributed by atoms with Crippen LogP contribution in [0.1, 0.15) is 79.6 Å². The fourth-order valence-electron chi connectivity index (χ4n) is 7.62. The number of fused-ring (bicyclic) bond motifs is 5. The lowest BCUT2D eigenvalue weighted by Gasteiger charge is -2.57. The molecule has 0 unspecified atom stereocenters. The zero-order valence-corrected chi connectivity index (χ0v) is 19.4. The summed E-state index contributed by atoms with van der Waals surface area (Å²) >= 11 is 0. The summed E-state index contributed by atoms with van der Waals surface area (Å²) in [5.74, 6) is 0.556. The molecule has 0 bridgehead atoms. The highest BCUT2D eigenvalue weighted by atomic mass is 16.6. The lowest BCUT2D eigenvalue weighted by Crippen LogP contribution is -2.52. The van der Waals surface area contributed by atoms with Crippen LogP contribution >= 0.6 is 0 Å². The van der Waals surface area contributed by atoms with Crippen LogP contribution in [0.25, 0.3) is 0 Å². The average molecular weight is 433 g/mol. The number of carbonyl (C=O) groups excluding carboxylic acids is 3. The Bertz CT molecular complexity index is 802. The molecule has 0 aromatic carbocycles. The van der Waals surface area contributed by atoms with Gasteiger partial charge in [-0.15, -0.1) is 0 Å². The molecule has 4 aliphatic carbocycles. The molecule has 172 valence electrons. The van der Waals surface area contributed by atoms with Crippen LogP contribution in [0.5, 0.6) is 0 Å². The van der Waals surface area contributed by atoms with Crippen molar-refractivity contribution in [3.8, 4) is 0 Å². The molecule has 0 saturated heterocycles. The van der Waals surface area contributed by atoms with Gasteiger partial charge in [-0.05, 0) is 61.7 Å². The van der Waals surface area contributed by atoms with Gasteiger partial charge in [0, 0.05) is 32.6 Å². The molecule has 0 aromatic heterocycles. The van der Waals surface area contributed by atoms with Gasteiger partial charge in [-0.25, -0.2) is 0 Å². The van der Waals surface area contributed by atoms with Crippen LogP contribution in [-0.2, 0) is 28.6 Å². The van der Waals surface area contributed by atoms with E-state index in [0.717, 1.165) is 44.9 Å². The Kier molecular flexibility index (Phi) is 5.72. The van der Waals surface area contributed by atoms with Crippen molar-refractivity contribution in [2.24, 2.45) is 28.6 Å². The second-order valence-corrected chi connectivity index (χ2v) is 10.7. The Labute approximate surface area is 185 Å². The van der Waals surface area contributed by atoms with Gasteiger partial charge in [0.25, 0.3) is 0 Å². The van der Waals surface area contributed by atoms with E-state index in [0.29, 0.717) is 17.8 Å². The van der Waals surface area contributed by atoms with Crippen LogP contribution in [0.15, 0.2) is 11.6 Å². The number of ether oxygens (including phenoxy) is 3. The molecular formula is C25H36O6. The Morgan fingerprint density at radius 3 is 2.23 bits per heavy atom. The van der Waals surface area contributed by atoms with E-state index in [1.54, 1.807) is 0 Å². The largest absolute Gasteiger partial charge is 0.462 e. The smallest absolute Gasteiger partial charge is 0.303 e. The zero-order valence-electron chi connectivity index (χ0n) is 19.4. The average Bonchev–Trinajstić information content (AvgIpc) is 2.92. The molecule has 0 aromatic rings. The molecular weight excluding hydrogens is 396 g/mol. The van der Waals surface area contributed by atoms with Crippen LogP contribution in [0.4, 0.5) is 0 Å². The van der Waals surface area contributed by atoms with E-state index >= 15 is 0 Å². The SMILES string of the molecule is CC(=O)O[C@H]1CC[C@@]2(C)C(=CC[C@H]3[C@@H]4C[C@H](OC(C)=O)[C@H](OC(C)=O)[C@@]4(C)CC[C@@H]32)C1. The molecule has 8 atom stereocenters. The highest BCUT2D eigenvalue weighted by Gasteiger charge is 2.63. The molecule has 0 N–H and O–H groups in total. The Balaban J connectivity index is 1.60. The molecule has 0 aliphatic heterocycles. The highest BCUT2D eigenvalue weighted by molar-refractivity contribution is 5.67. The third kappa shape index (κ3) is 3.80. The first-order valence-electron chi connectivity index (χ1n) is 11.8. The zero-order chi connectivity index (χ0) is 22.6. The number of allylic oxidation sites excluding steroid dienone is 1. The van der Waals surface area contributed by atoms with E-state index in [4.69, 9.17) is 14.2 Å². The van der Waals surface area contributed by atoms with Crippen LogP contribution in [0, 0.1) is 28.6 Å². The molecule has 6 heteroatoms. The minimum atomic E-state index is -0.377. The number of esters is 3. The van der Waals surface area contributed by atoms with Crippen molar-refractivity contribution < 1.29 is 28.6 Å². The normalized spacial score (nSPS) is 43.6. The van der Waals surface area contributed by atoms with E-state index in [1.807, 2.05) is 0 Å². The Hall–Kier alpha value is -1.85. The molecule has 31 heavy (non-hydrogen) atoms. The number of hydrogen-bond acceptors (Lipinski definition) is 6. The Morgan fingerprint density at radius 1 is 0.903 bits per heavy atom. The first-order valence-corrected chi connectivity index (χ1v) is 11.8. The van der Waals surface area contributed by atoms with E-state index in [9.17, 15) is 14.4 Å². The lowest BCUT2D eigenvalue weighted by atomic mass is 9.48. The van der Waals surface area contributed by atoms with Crippen molar-refractivity contribution in [3.63, 3.8) is 0 Å². The first kappa shape index (κ1) is 22.3. The maximum Gasteiger partial charge on any atom is 0.303 e. The minimum Gasteiger partial charge on any atom is -0.462 e. The summed E-state index contributed by atoms with van der Waals surface area (Å²) < 4.78 is 17.0. The quantitative estimate of drug-likeness (QED) is 0.375. The summed E-state index contributed by atoms with van der Waals surface area (Å²) in [6.07, 6.45) is 8.20. The van der Waals surface area contributed by atoms with E-state index in [1.165, 1.54) is 26.3 Å². The summed E-state index contributed by atoms with van der Waals surface area (Å²) in [4.78, 5) is 35.1. The maximum atomic E-state index is 11.9. The van der Waals surface area contributed by atoms with Gasteiger partial charge in [0.1, 0.15) is 18.3 Å². The van der Waals surface area contributed by atoms with Crippen LogP contribution < -0.4 is 0 Å². The van der Waals surface area contributed by atoms with Gasteiger partial charge in [-0.2, -0.15) is 0 Å². The predicted molar refractivity (Wildman–Crippen MR) is 114 cm³/mol. The number of rotatable bonds is 3. The number of hydrogen-bond donors (Lipinski definition) is 0. The van der Waals surface area contributed by atoms with Gasteiger partial charge in [0.05, 0.1) is 0 Å². The molecule has 6 nitrogen and oxygen atoms in total. The van der Waals surface area contributed by atoms with Crippen LogP contribution in [0.3, 0.4) is 0 Å². The van der Waals surface area contributed by atoms with Crippen molar-refractivity contribution in [3.05, 3.63) is 11.6 Å². The van der Waals surface area contributed by atoms with E-state index in [2.05, 4.69) is 19.9 Å². The van der Waals surface area contributed by atoms with Crippen molar-refractivity contribution in [2.45, 2.75) is 97.9 Å². The third-order valence-corrected chi connectivity index (χ3v) is 8.91. The van der Waals surface area contributed by atoms with Crippen molar-refractivity contribution in [1.29, 1.82) is 0 Å². The van der Waals surface area contributed by atoms with Crippen LogP contribution in [-0.4, -0.2) is 36.2 Å². The second kappa shape index (κ2) is 7.93. The topological polar surface area (TPSA) is 78.9 Å². The van der Waals surface area contributed by atoms with Gasteiger partial charge < -0.3 is 14.2 Å². The minimum absolute atomic E-state index is 0.00425. The van der Waals surface area contributed by atoms with Gasteiger partial charge in [-0.3, -0.25) is 14.4 Å². The first-order chi connectivity index (χ1) is 14.5. The summed E-state index contributed by atoms with van der Waals surface area (Å²) in [6, 6.07) is 0. The predicted octanol–water partition coefficient (Wildman–Crippen LogP) is 4.35. The molecule has 0 amide bonds. The lowest BCUT2D eigenvalue weighted by molar-refractivity contribution is -0.172. The highest BCUT2D eigenvalue weighted by Crippen LogP contribution is 2.65. The van der Waals surface area contributed by atoms with Gasteiger partial charge in [-0.1, -0.05) is 25.5 Å². The van der Waals surface area contributed by atoms with E-state index in [-0.39, 0.29) is 47.0 Å². The van der Waals surface area contributed by atoms with Crippen LogP contribution in [0.2, 0.25) is 0 Å². The van der Waals surface area contributed by atoms with E-state index < -0.39 is 0 Å². The molecule has 4 aliphatic rings. The standard InChI is InChI=1S/C25H36O6/c1-14(26)29-18-8-10-24(4)17(12-18)6-7-19-20(24)9-11-25(5)21(19)13-22(30-15(2)27)23(25)31-16(3)28/h6,18-23H,7-13H2,1-5H3/t18-,19+,20-,21-,22-,23-,24-,25-/m0/s1. The molecule has 0 radical (unpaired) electrons. The molecule has 3 fully saturated rings. The van der Waals surface area contributed by atoms with Gasteiger partial charge in [0.2, 0.25) is 0 Å². The van der Waals surface area contributed by atoms with Gasteiger partial charge >= 0.3 is 17.9 Å². The fourth-order valence-corrected chi connectivity index (χ4v) is 7.62. The number of carbonyl (C=O) groups is 3. The van der Waals surface area contributed by atoms with Crippen molar-refractivity contribution in [2.75, 3.05) is 0 Å². The van der Waals surface area contributed by atoms with Gasteiger partial charge in [0.15, 0.2) is 0 Å². The summed E-state index contributed by atoms with van der Waals surface area (Å²) in [7, 11) is 0. The molecule has 0 heterocycles. The maximum absolute atomic E-state index is 11.9. The summed E-state index contributed by atoms with van der Waals surface area (Å²) in [5.41, 5.74) is 1.39. The second-order valence-electron chi connectivity index (χ2n) is 10.7. The molecule has 4 rings (SSSR count). The third-order valence-electron chi connectivity index (χ3n) is 8.91. The molecule has 0 spiro atoms. The summed E-state index contributed by atoms with van der Waals surface area (Å²) in [5, 5.41) is 0. The van der Waals surface area contributed by atoms with Crippen molar-refractivity contribution in [1.82, 2.24) is 0 Å². The Morgan fingerprint density at radius 2 is 1.58 bits per heavy atom. The fraction of sp³-hybridized carbons (Fsp3) is 0.800. The monoisotopic (exact) mass is 432 g/mol. The molecule has 3 saturated carbocycles. The van der Waals surface area contributed by atoms with Crippen molar-refractivity contribution >= 4 is 17.9 Å². The summed E-state index contributed by atoms with van der Waals surface area (Å²) in [6.45, 7) is 8.97.